The second-order valence-corrected chi connectivity index (χ2v) is 3.34. The molecule has 94 valence electrons. The Morgan fingerprint density at radius 2 is 2.06 bits per heavy atom. The smallest absolute Gasteiger partial charge is 0.435 e. The van der Waals surface area contributed by atoms with E-state index in [0.29, 0.717) is 0 Å². The maximum atomic E-state index is 12.2. The molecule has 0 aliphatic carbocycles. The maximum Gasteiger partial charge on any atom is 0.435 e. The standard InChI is InChI=1S/C9H10F3N3O2/c1-15(5-4-8(16)17)7-3-2-6(13-14-7)9(10,11)12/h2-3H,4-5H2,1H3,(H,16,17). The van der Waals surface area contributed by atoms with Gasteiger partial charge in [0.1, 0.15) is 0 Å². The minimum Gasteiger partial charge on any atom is -0.481 e. The Morgan fingerprint density at radius 3 is 2.47 bits per heavy atom. The van der Waals surface area contributed by atoms with Crippen LogP contribution in [0.15, 0.2) is 12.1 Å². The minimum atomic E-state index is -4.52. The van der Waals surface area contributed by atoms with Crippen LogP contribution in [-0.2, 0) is 11.0 Å². The van der Waals surface area contributed by atoms with Crippen LogP contribution in [0.4, 0.5) is 19.0 Å². The molecule has 5 nitrogen and oxygen atoms in total. The second kappa shape index (κ2) is 4.98. The fraction of sp³-hybridized carbons (Fsp3) is 0.444. The van der Waals surface area contributed by atoms with Crippen molar-refractivity contribution in [3.8, 4) is 0 Å². The third kappa shape index (κ3) is 3.89. The molecule has 0 atom stereocenters. The first kappa shape index (κ1) is 13.2. The van der Waals surface area contributed by atoms with E-state index in [1.807, 2.05) is 0 Å². The van der Waals surface area contributed by atoms with Crippen LogP contribution in [0.2, 0.25) is 0 Å². The van der Waals surface area contributed by atoms with E-state index in [9.17, 15) is 18.0 Å². The summed E-state index contributed by atoms with van der Waals surface area (Å²) in [6.45, 7) is 0.148. The zero-order valence-electron chi connectivity index (χ0n) is 8.90. The topological polar surface area (TPSA) is 66.3 Å². The Bertz CT molecular complexity index is 391. The largest absolute Gasteiger partial charge is 0.481 e. The highest BCUT2D eigenvalue weighted by Crippen LogP contribution is 2.27. The van der Waals surface area contributed by atoms with Gasteiger partial charge < -0.3 is 10.0 Å². The molecule has 0 unspecified atom stereocenters. The van der Waals surface area contributed by atoms with Gasteiger partial charge in [-0.05, 0) is 12.1 Å². The van der Waals surface area contributed by atoms with Crippen molar-refractivity contribution in [2.75, 3.05) is 18.5 Å². The van der Waals surface area contributed by atoms with E-state index in [-0.39, 0.29) is 18.8 Å². The van der Waals surface area contributed by atoms with E-state index in [2.05, 4.69) is 10.2 Å². The summed E-state index contributed by atoms with van der Waals surface area (Å²) in [5.74, 6) is -0.795. The van der Waals surface area contributed by atoms with Crippen LogP contribution < -0.4 is 4.90 Å². The van der Waals surface area contributed by atoms with Crippen LogP contribution in [0.3, 0.4) is 0 Å². The molecule has 0 saturated carbocycles. The van der Waals surface area contributed by atoms with Crippen molar-refractivity contribution < 1.29 is 23.1 Å². The molecule has 0 aliphatic rings. The van der Waals surface area contributed by atoms with Gasteiger partial charge in [-0.1, -0.05) is 0 Å². The van der Waals surface area contributed by atoms with Crippen LogP contribution in [0.1, 0.15) is 12.1 Å². The first-order chi connectivity index (χ1) is 7.80. The van der Waals surface area contributed by atoms with Crippen LogP contribution in [0.25, 0.3) is 0 Å². The molecule has 1 rings (SSSR count). The molecule has 0 bridgehead atoms. The summed E-state index contributed by atoms with van der Waals surface area (Å²) < 4.78 is 36.5. The van der Waals surface area contributed by atoms with Crippen LogP contribution in [0, 0.1) is 0 Å². The number of aliphatic carboxylic acids is 1. The monoisotopic (exact) mass is 249 g/mol. The molecule has 0 radical (unpaired) electrons. The molecule has 0 fully saturated rings. The number of nitrogens with zero attached hydrogens (tertiary/aromatic N) is 3. The number of anilines is 1. The van der Waals surface area contributed by atoms with Gasteiger partial charge in [0, 0.05) is 13.6 Å². The molecule has 0 aromatic carbocycles. The third-order valence-electron chi connectivity index (χ3n) is 1.99. The summed E-state index contributed by atoms with van der Waals surface area (Å²) in [6.07, 6.45) is -4.65. The molecular formula is C9H10F3N3O2. The van der Waals surface area contributed by atoms with Gasteiger partial charge in [0.05, 0.1) is 6.42 Å². The summed E-state index contributed by atoms with van der Waals surface area (Å²) in [7, 11) is 1.53. The molecule has 0 aliphatic heterocycles. The van der Waals surface area contributed by atoms with Crippen molar-refractivity contribution in [3.63, 3.8) is 0 Å². The number of hydrogen-bond acceptors (Lipinski definition) is 4. The lowest BCUT2D eigenvalue weighted by Gasteiger charge is -2.16. The number of alkyl halides is 3. The summed E-state index contributed by atoms with van der Waals surface area (Å²) >= 11 is 0. The third-order valence-corrected chi connectivity index (χ3v) is 1.99. The maximum absolute atomic E-state index is 12.2. The van der Waals surface area contributed by atoms with Crippen LogP contribution in [0.5, 0.6) is 0 Å². The lowest BCUT2D eigenvalue weighted by atomic mass is 10.3. The lowest BCUT2D eigenvalue weighted by Crippen LogP contribution is -2.22. The molecule has 1 N–H and O–H groups in total. The van der Waals surface area contributed by atoms with E-state index in [1.165, 1.54) is 11.9 Å². The molecule has 0 spiro atoms. The summed E-state index contributed by atoms with van der Waals surface area (Å²) in [5, 5.41) is 14.9. The van der Waals surface area contributed by atoms with Crippen LogP contribution in [-0.4, -0.2) is 34.9 Å². The minimum absolute atomic E-state index is 0.126. The SMILES string of the molecule is CN(CCC(=O)O)c1ccc(C(F)(F)F)nn1. The average molecular weight is 249 g/mol. The van der Waals surface area contributed by atoms with Crippen molar-refractivity contribution >= 4 is 11.8 Å². The second-order valence-electron chi connectivity index (χ2n) is 3.34. The van der Waals surface area contributed by atoms with Crippen molar-refractivity contribution in [1.29, 1.82) is 0 Å². The zero-order chi connectivity index (χ0) is 13.1. The quantitative estimate of drug-likeness (QED) is 0.873. The van der Waals surface area contributed by atoms with Gasteiger partial charge in [0.25, 0.3) is 0 Å². The number of rotatable bonds is 4. The fourth-order valence-electron chi connectivity index (χ4n) is 1.06. The Hall–Kier alpha value is -1.86. The van der Waals surface area contributed by atoms with E-state index >= 15 is 0 Å². The summed E-state index contributed by atoms with van der Waals surface area (Å²) in [4.78, 5) is 11.7. The van der Waals surface area contributed by atoms with Gasteiger partial charge in [-0.3, -0.25) is 4.79 Å². The number of hydrogen-bond donors (Lipinski definition) is 1. The van der Waals surface area contributed by atoms with Crippen molar-refractivity contribution in [1.82, 2.24) is 10.2 Å². The van der Waals surface area contributed by atoms with Gasteiger partial charge in [0.2, 0.25) is 0 Å². The first-order valence-electron chi connectivity index (χ1n) is 4.64. The molecule has 0 amide bonds. The molecule has 8 heteroatoms. The Kier molecular flexibility index (Phi) is 3.87. The van der Waals surface area contributed by atoms with E-state index in [0.717, 1.165) is 12.1 Å². The predicted molar refractivity (Wildman–Crippen MR) is 52.6 cm³/mol. The van der Waals surface area contributed by atoms with Crippen molar-refractivity contribution in [2.45, 2.75) is 12.6 Å². The number of carboxylic acid groups (broad SMARTS) is 1. The number of halogens is 3. The summed E-state index contributed by atoms with van der Waals surface area (Å²) in [6, 6.07) is 1.96. The van der Waals surface area contributed by atoms with Crippen molar-refractivity contribution in [2.24, 2.45) is 0 Å². The van der Waals surface area contributed by atoms with E-state index in [1.54, 1.807) is 0 Å². The molecule has 1 aromatic heterocycles. The number of carboxylic acids is 1. The highest BCUT2D eigenvalue weighted by Gasteiger charge is 2.32. The lowest BCUT2D eigenvalue weighted by molar-refractivity contribution is -0.141. The average Bonchev–Trinajstić information content (AvgIpc) is 2.25. The summed E-state index contributed by atoms with van der Waals surface area (Å²) in [5.41, 5.74) is -1.08. The zero-order valence-corrected chi connectivity index (χ0v) is 8.90. The molecular weight excluding hydrogens is 239 g/mol. The van der Waals surface area contributed by atoms with Gasteiger partial charge in [-0.25, -0.2) is 0 Å². The molecule has 0 saturated heterocycles. The predicted octanol–water partition coefficient (Wildman–Crippen LogP) is 1.41. The number of carbonyl (C=O) groups is 1. The van der Waals surface area contributed by atoms with Gasteiger partial charge in [-0.15, -0.1) is 10.2 Å². The van der Waals surface area contributed by atoms with Crippen LogP contribution >= 0.6 is 0 Å². The van der Waals surface area contributed by atoms with Crippen molar-refractivity contribution in [3.05, 3.63) is 17.8 Å². The molecule has 17 heavy (non-hydrogen) atoms. The van der Waals surface area contributed by atoms with Gasteiger partial charge >= 0.3 is 12.1 Å². The number of aromatic nitrogens is 2. The van der Waals surface area contributed by atoms with Gasteiger partial charge in [-0.2, -0.15) is 13.2 Å². The Labute approximate surface area is 94.9 Å². The van der Waals surface area contributed by atoms with E-state index < -0.39 is 17.8 Å². The molecule has 1 heterocycles. The Morgan fingerprint density at radius 1 is 1.41 bits per heavy atom. The fourth-order valence-corrected chi connectivity index (χ4v) is 1.06. The molecule has 1 aromatic rings. The Balaban J connectivity index is 2.70. The normalized spacial score (nSPS) is 11.3. The first-order valence-corrected chi connectivity index (χ1v) is 4.64. The van der Waals surface area contributed by atoms with E-state index in [4.69, 9.17) is 5.11 Å². The highest BCUT2D eigenvalue weighted by molar-refractivity contribution is 5.67. The highest BCUT2D eigenvalue weighted by atomic mass is 19.4. The van der Waals surface area contributed by atoms with Gasteiger partial charge in [0.15, 0.2) is 11.5 Å².